The Bertz CT molecular complexity index is 127. The summed E-state index contributed by atoms with van der Waals surface area (Å²) >= 11 is 0. The molecule has 52 valence electrons. The van der Waals surface area contributed by atoms with Gasteiger partial charge in [0.15, 0.2) is 5.78 Å². The van der Waals surface area contributed by atoms with Gasteiger partial charge in [0.2, 0.25) is 0 Å². The van der Waals surface area contributed by atoms with E-state index >= 15 is 0 Å². The van der Waals surface area contributed by atoms with Crippen LogP contribution in [0.1, 0.15) is 20.3 Å². The lowest BCUT2D eigenvalue weighted by Crippen LogP contribution is -2.04. The van der Waals surface area contributed by atoms with Gasteiger partial charge in [0, 0.05) is 19.2 Å². The van der Waals surface area contributed by atoms with Crippen molar-refractivity contribution >= 4 is 5.78 Å². The van der Waals surface area contributed by atoms with Crippen molar-refractivity contribution in [1.82, 2.24) is 5.32 Å². The molecule has 1 N–H and O–H groups in total. The summed E-state index contributed by atoms with van der Waals surface area (Å²) in [6.07, 6.45) is 2.19. The van der Waals surface area contributed by atoms with Gasteiger partial charge in [-0.15, -0.1) is 0 Å². The molecule has 0 radical (unpaired) electrons. The minimum Gasteiger partial charge on any atom is -0.392 e. The molecule has 2 heteroatoms. The second-order valence-electron chi connectivity index (χ2n) is 1.90. The van der Waals surface area contributed by atoms with E-state index in [9.17, 15) is 4.79 Å². The monoisotopic (exact) mass is 127 g/mol. The predicted molar refractivity (Wildman–Crippen MR) is 38.1 cm³/mol. The van der Waals surface area contributed by atoms with Gasteiger partial charge >= 0.3 is 0 Å². The molecule has 0 aliphatic carbocycles. The molecule has 0 bridgehead atoms. The summed E-state index contributed by atoms with van der Waals surface area (Å²) < 4.78 is 0. The Kier molecular flexibility index (Phi) is 3.76. The summed E-state index contributed by atoms with van der Waals surface area (Å²) in [6, 6.07) is 0. The Morgan fingerprint density at radius 3 is 2.56 bits per heavy atom. The van der Waals surface area contributed by atoms with Crippen molar-refractivity contribution in [2.75, 3.05) is 7.05 Å². The molecule has 0 atom stereocenters. The zero-order valence-electron chi connectivity index (χ0n) is 6.19. The fourth-order valence-corrected chi connectivity index (χ4v) is 0.416. The number of hydrogen-bond donors (Lipinski definition) is 1. The van der Waals surface area contributed by atoms with Gasteiger partial charge in [-0.3, -0.25) is 4.79 Å². The minimum atomic E-state index is 0.168. The zero-order valence-corrected chi connectivity index (χ0v) is 6.19. The Morgan fingerprint density at radius 2 is 2.22 bits per heavy atom. The highest BCUT2D eigenvalue weighted by Crippen LogP contribution is 1.88. The number of carbonyl (C=O) groups excluding carboxylic acids is 1. The maximum Gasteiger partial charge on any atom is 0.157 e. The topological polar surface area (TPSA) is 29.1 Å². The highest BCUT2D eigenvalue weighted by molar-refractivity contribution is 5.89. The normalized spacial score (nSPS) is 11.2. The number of carbonyl (C=O) groups is 1. The van der Waals surface area contributed by atoms with Crippen LogP contribution in [0.25, 0.3) is 0 Å². The Morgan fingerprint density at radius 1 is 1.67 bits per heavy atom. The average Bonchev–Trinajstić information content (AvgIpc) is 1.87. The Labute approximate surface area is 56.0 Å². The minimum absolute atomic E-state index is 0.168. The van der Waals surface area contributed by atoms with Crippen LogP contribution in [0.15, 0.2) is 11.8 Å². The van der Waals surface area contributed by atoms with Crippen LogP contribution in [0, 0.1) is 0 Å². The lowest BCUT2D eigenvalue weighted by Gasteiger charge is -1.95. The van der Waals surface area contributed by atoms with Crippen LogP contribution < -0.4 is 5.32 Å². The molecule has 9 heavy (non-hydrogen) atoms. The van der Waals surface area contributed by atoms with Gasteiger partial charge in [0.05, 0.1) is 0 Å². The molecule has 0 aliphatic heterocycles. The van der Waals surface area contributed by atoms with Crippen LogP contribution in [0.4, 0.5) is 0 Å². The summed E-state index contributed by atoms with van der Waals surface area (Å²) in [6.45, 7) is 3.72. The lowest BCUT2D eigenvalue weighted by molar-refractivity contribution is -0.114. The summed E-state index contributed by atoms with van der Waals surface area (Å²) in [5, 5.41) is 2.87. The molecular weight excluding hydrogens is 114 g/mol. The Hall–Kier alpha value is -0.790. The van der Waals surface area contributed by atoms with E-state index < -0.39 is 0 Å². The first-order chi connectivity index (χ1) is 4.20. The van der Waals surface area contributed by atoms with Gasteiger partial charge in [0.1, 0.15) is 0 Å². The second-order valence-corrected chi connectivity index (χ2v) is 1.90. The van der Waals surface area contributed by atoms with Gasteiger partial charge in [-0.2, -0.15) is 0 Å². The highest BCUT2D eigenvalue weighted by atomic mass is 16.1. The molecule has 2 nitrogen and oxygen atoms in total. The molecule has 0 fully saturated rings. The zero-order chi connectivity index (χ0) is 7.28. The predicted octanol–water partition coefficient (Wildman–Crippen LogP) is 1.09. The van der Waals surface area contributed by atoms with E-state index in [-0.39, 0.29) is 5.78 Å². The van der Waals surface area contributed by atoms with Crippen LogP contribution >= 0.6 is 0 Å². The first kappa shape index (κ1) is 8.21. The number of allylic oxidation sites excluding steroid dienone is 2. The fourth-order valence-electron chi connectivity index (χ4n) is 0.416. The molecular formula is C7H13NO. The van der Waals surface area contributed by atoms with Crippen LogP contribution in [0.5, 0.6) is 0 Å². The van der Waals surface area contributed by atoms with Crippen molar-refractivity contribution in [3.63, 3.8) is 0 Å². The standard InChI is InChI=1S/C7H13NO/c1-4-7(9)5-6(2)8-3/h5,8H,4H2,1-3H3. The molecule has 0 heterocycles. The van der Waals surface area contributed by atoms with E-state index in [0.29, 0.717) is 6.42 Å². The molecule has 0 rings (SSSR count). The van der Waals surface area contributed by atoms with Crippen molar-refractivity contribution in [3.8, 4) is 0 Å². The van der Waals surface area contributed by atoms with Gasteiger partial charge in [-0.25, -0.2) is 0 Å². The number of nitrogens with one attached hydrogen (secondary N) is 1. The maximum atomic E-state index is 10.7. The summed E-state index contributed by atoms with van der Waals surface area (Å²) in [4.78, 5) is 10.7. The second kappa shape index (κ2) is 4.13. The Balaban J connectivity index is 3.79. The molecule has 0 saturated carbocycles. The SMILES string of the molecule is CCC(=O)C=C(C)NC. The van der Waals surface area contributed by atoms with E-state index in [1.54, 1.807) is 13.1 Å². The molecule has 0 aromatic heterocycles. The van der Waals surface area contributed by atoms with E-state index in [1.807, 2.05) is 13.8 Å². The number of ketones is 1. The first-order valence-corrected chi connectivity index (χ1v) is 3.09. The van der Waals surface area contributed by atoms with Crippen molar-refractivity contribution in [2.24, 2.45) is 0 Å². The van der Waals surface area contributed by atoms with Crippen LogP contribution in [-0.2, 0) is 4.79 Å². The van der Waals surface area contributed by atoms with Gasteiger partial charge in [-0.05, 0) is 13.0 Å². The molecule has 0 aromatic rings. The largest absolute Gasteiger partial charge is 0.392 e. The smallest absolute Gasteiger partial charge is 0.157 e. The molecule has 0 aliphatic rings. The summed E-state index contributed by atoms with van der Waals surface area (Å²) in [5.41, 5.74) is 0.918. The van der Waals surface area contributed by atoms with Crippen LogP contribution in [0.2, 0.25) is 0 Å². The van der Waals surface area contributed by atoms with Crippen LogP contribution in [-0.4, -0.2) is 12.8 Å². The van der Waals surface area contributed by atoms with Gasteiger partial charge in [-0.1, -0.05) is 6.92 Å². The molecule has 0 spiro atoms. The van der Waals surface area contributed by atoms with Crippen molar-refractivity contribution < 1.29 is 4.79 Å². The molecule has 0 unspecified atom stereocenters. The van der Waals surface area contributed by atoms with E-state index in [0.717, 1.165) is 5.70 Å². The van der Waals surface area contributed by atoms with E-state index in [2.05, 4.69) is 5.32 Å². The van der Waals surface area contributed by atoms with Gasteiger partial charge in [0.25, 0.3) is 0 Å². The third-order valence-corrected chi connectivity index (χ3v) is 1.12. The summed E-state index contributed by atoms with van der Waals surface area (Å²) in [7, 11) is 1.80. The third kappa shape index (κ3) is 3.76. The maximum absolute atomic E-state index is 10.7. The quantitative estimate of drug-likeness (QED) is 0.575. The molecule has 0 aromatic carbocycles. The number of hydrogen-bond acceptors (Lipinski definition) is 2. The van der Waals surface area contributed by atoms with Crippen LogP contribution in [0.3, 0.4) is 0 Å². The van der Waals surface area contributed by atoms with E-state index in [1.165, 1.54) is 0 Å². The highest BCUT2D eigenvalue weighted by Gasteiger charge is 1.90. The lowest BCUT2D eigenvalue weighted by atomic mass is 10.3. The first-order valence-electron chi connectivity index (χ1n) is 3.09. The molecule has 0 saturated heterocycles. The summed E-state index contributed by atoms with van der Waals surface area (Å²) in [5.74, 6) is 0.168. The number of rotatable bonds is 3. The fraction of sp³-hybridized carbons (Fsp3) is 0.571. The third-order valence-electron chi connectivity index (χ3n) is 1.12. The van der Waals surface area contributed by atoms with Crippen molar-refractivity contribution in [3.05, 3.63) is 11.8 Å². The van der Waals surface area contributed by atoms with Crippen molar-refractivity contribution in [2.45, 2.75) is 20.3 Å². The van der Waals surface area contributed by atoms with Gasteiger partial charge < -0.3 is 5.32 Å². The van der Waals surface area contributed by atoms with Crippen molar-refractivity contribution in [1.29, 1.82) is 0 Å². The molecule has 0 amide bonds. The van der Waals surface area contributed by atoms with E-state index in [4.69, 9.17) is 0 Å². The average molecular weight is 127 g/mol.